The predicted molar refractivity (Wildman–Crippen MR) is 93.7 cm³/mol. The van der Waals surface area contributed by atoms with Crippen molar-refractivity contribution in [3.63, 3.8) is 0 Å². The second kappa shape index (κ2) is 9.70. The van der Waals surface area contributed by atoms with Crippen molar-refractivity contribution in [3.8, 4) is 5.75 Å². The summed E-state index contributed by atoms with van der Waals surface area (Å²) in [6.07, 6.45) is 0.373. The number of carbonyl (C=O) groups is 1. The van der Waals surface area contributed by atoms with E-state index in [1.165, 1.54) is 5.56 Å². The van der Waals surface area contributed by atoms with Crippen LogP contribution in [0.25, 0.3) is 0 Å². The van der Waals surface area contributed by atoms with Crippen molar-refractivity contribution in [3.05, 3.63) is 29.8 Å². The Balaban J connectivity index is 0.00000441. The molecule has 4 nitrogen and oxygen atoms in total. The third-order valence-corrected chi connectivity index (χ3v) is 3.32. The number of benzene rings is 1. The van der Waals surface area contributed by atoms with E-state index in [9.17, 15) is 4.79 Å². The van der Waals surface area contributed by atoms with E-state index in [4.69, 9.17) is 10.5 Å². The highest BCUT2D eigenvalue weighted by molar-refractivity contribution is 5.85. The van der Waals surface area contributed by atoms with E-state index in [2.05, 4.69) is 45.1 Å². The van der Waals surface area contributed by atoms with E-state index in [-0.39, 0.29) is 23.7 Å². The van der Waals surface area contributed by atoms with Gasteiger partial charge in [0.1, 0.15) is 5.75 Å². The third kappa shape index (κ3) is 7.14. The first-order chi connectivity index (χ1) is 9.85. The van der Waals surface area contributed by atoms with Crippen molar-refractivity contribution < 1.29 is 9.53 Å². The zero-order chi connectivity index (χ0) is 15.9. The Kier molecular flexibility index (Phi) is 9.14. The van der Waals surface area contributed by atoms with Crippen LogP contribution in [0.5, 0.6) is 5.75 Å². The Morgan fingerprint density at radius 1 is 1.27 bits per heavy atom. The summed E-state index contributed by atoms with van der Waals surface area (Å²) >= 11 is 0. The van der Waals surface area contributed by atoms with E-state index in [0.29, 0.717) is 25.4 Å². The minimum Gasteiger partial charge on any atom is -0.493 e. The number of ether oxygens (including phenoxy) is 1. The van der Waals surface area contributed by atoms with Gasteiger partial charge in [0.05, 0.1) is 6.61 Å². The van der Waals surface area contributed by atoms with Gasteiger partial charge in [-0.3, -0.25) is 4.79 Å². The maximum atomic E-state index is 11.5. The zero-order valence-electron chi connectivity index (χ0n) is 14.0. The number of nitrogens with two attached hydrogens (primary N) is 1. The molecule has 0 aromatic heterocycles. The summed E-state index contributed by atoms with van der Waals surface area (Å²) < 4.78 is 5.68. The van der Waals surface area contributed by atoms with Crippen molar-refractivity contribution in [1.82, 2.24) is 5.32 Å². The van der Waals surface area contributed by atoms with E-state index in [1.54, 1.807) is 0 Å². The Morgan fingerprint density at radius 3 is 2.36 bits per heavy atom. The van der Waals surface area contributed by atoms with Gasteiger partial charge in [-0.15, -0.1) is 12.4 Å². The van der Waals surface area contributed by atoms with Gasteiger partial charge < -0.3 is 15.8 Å². The molecule has 3 N–H and O–H groups in total. The van der Waals surface area contributed by atoms with E-state index in [0.717, 1.165) is 12.4 Å². The van der Waals surface area contributed by atoms with E-state index >= 15 is 0 Å². The first-order valence-corrected chi connectivity index (χ1v) is 7.55. The van der Waals surface area contributed by atoms with Crippen LogP contribution in [-0.4, -0.2) is 25.6 Å². The van der Waals surface area contributed by atoms with Crippen LogP contribution in [0.15, 0.2) is 24.3 Å². The lowest BCUT2D eigenvalue weighted by Gasteiger charge is -2.26. The fourth-order valence-electron chi connectivity index (χ4n) is 1.91. The quantitative estimate of drug-likeness (QED) is 0.771. The molecule has 0 heterocycles. The number of rotatable bonds is 8. The van der Waals surface area contributed by atoms with Gasteiger partial charge in [-0.05, 0) is 23.6 Å². The Bertz CT molecular complexity index is 444. The molecule has 0 atom stereocenters. The molecule has 0 bridgehead atoms. The van der Waals surface area contributed by atoms with Crippen molar-refractivity contribution in [1.29, 1.82) is 0 Å². The van der Waals surface area contributed by atoms with Gasteiger partial charge in [-0.25, -0.2) is 0 Å². The van der Waals surface area contributed by atoms with Crippen LogP contribution in [0.3, 0.4) is 0 Å². The zero-order valence-corrected chi connectivity index (χ0v) is 14.8. The largest absolute Gasteiger partial charge is 0.493 e. The second-order valence-corrected chi connectivity index (χ2v) is 6.43. The normalized spacial score (nSPS) is 11.0. The van der Waals surface area contributed by atoms with Gasteiger partial charge in [-0.1, -0.05) is 39.8 Å². The molecule has 1 aromatic carbocycles. The Morgan fingerprint density at radius 2 is 1.86 bits per heavy atom. The molecule has 0 aliphatic heterocycles. The van der Waals surface area contributed by atoms with Gasteiger partial charge in [0.15, 0.2) is 0 Å². The predicted octanol–water partition coefficient (Wildman–Crippen LogP) is 2.89. The van der Waals surface area contributed by atoms with Crippen LogP contribution in [-0.2, 0) is 10.2 Å². The first-order valence-electron chi connectivity index (χ1n) is 7.55. The molecule has 1 amide bonds. The summed E-state index contributed by atoms with van der Waals surface area (Å²) in [5.74, 6) is 1.40. The van der Waals surface area contributed by atoms with Crippen LogP contribution in [0.2, 0.25) is 0 Å². The van der Waals surface area contributed by atoms with Crippen molar-refractivity contribution in [2.75, 3.05) is 19.7 Å². The maximum Gasteiger partial charge on any atom is 0.221 e. The van der Waals surface area contributed by atoms with Gasteiger partial charge in [0.25, 0.3) is 0 Å². The highest BCUT2D eigenvalue weighted by Crippen LogP contribution is 2.24. The van der Waals surface area contributed by atoms with Gasteiger partial charge in [0, 0.05) is 24.9 Å². The van der Waals surface area contributed by atoms with E-state index < -0.39 is 0 Å². The highest BCUT2D eigenvalue weighted by atomic mass is 35.5. The molecule has 0 aliphatic carbocycles. The summed E-state index contributed by atoms with van der Waals surface area (Å²) in [6.45, 7) is 10.2. The summed E-state index contributed by atoms with van der Waals surface area (Å²) in [6, 6.07) is 8.10. The van der Waals surface area contributed by atoms with Crippen molar-refractivity contribution in [2.24, 2.45) is 11.7 Å². The molecular weight excluding hydrogens is 300 g/mol. The topological polar surface area (TPSA) is 64.3 Å². The lowest BCUT2D eigenvalue weighted by molar-refractivity contribution is -0.121. The van der Waals surface area contributed by atoms with Gasteiger partial charge in [-0.2, -0.15) is 0 Å². The van der Waals surface area contributed by atoms with Crippen LogP contribution in [0.4, 0.5) is 0 Å². The number of hydrogen-bond acceptors (Lipinski definition) is 3. The van der Waals surface area contributed by atoms with Crippen molar-refractivity contribution in [2.45, 2.75) is 39.5 Å². The Labute approximate surface area is 140 Å². The molecule has 0 aliphatic rings. The number of carbonyl (C=O) groups excluding carboxylic acids is 1. The molecule has 0 saturated heterocycles. The average molecular weight is 329 g/mol. The first kappa shape index (κ1) is 20.7. The maximum absolute atomic E-state index is 11.5. The number of amides is 1. The summed E-state index contributed by atoms with van der Waals surface area (Å²) in [5, 5.41) is 2.93. The fourth-order valence-corrected chi connectivity index (χ4v) is 1.91. The van der Waals surface area contributed by atoms with Crippen LogP contribution in [0.1, 0.15) is 39.7 Å². The molecule has 126 valence electrons. The summed E-state index contributed by atoms with van der Waals surface area (Å²) in [4.78, 5) is 11.5. The SMILES string of the molecule is CC(C)COc1ccc(C(C)(C)CNC(=O)CCN)cc1.Cl. The van der Waals surface area contributed by atoms with Gasteiger partial charge in [0.2, 0.25) is 5.91 Å². The van der Waals surface area contributed by atoms with Crippen LogP contribution >= 0.6 is 12.4 Å². The smallest absolute Gasteiger partial charge is 0.221 e. The highest BCUT2D eigenvalue weighted by Gasteiger charge is 2.21. The molecule has 1 rings (SSSR count). The molecule has 0 unspecified atom stereocenters. The van der Waals surface area contributed by atoms with Crippen LogP contribution in [0, 0.1) is 5.92 Å². The lowest BCUT2D eigenvalue weighted by atomic mass is 9.84. The average Bonchev–Trinajstić information content (AvgIpc) is 2.44. The second-order valence-electron chi connectivity index (χ2n) is 6.43. The molecule has 0 spiro atoms. The molecule has 0 saturated carbocycles. The standard InChI is InChI=1S/C17H28N2O2.ClH/c1-13(2)11-21-15-7-5-14(6-8-15)17(3,4)12-19-16(20)9-10-18;/h5-8,13H,9-12,18H2,1-4H3,(H,19,20);1H. The number of nitrogens with one attached hydrogen (secondary N) is 1. The third-order valence-electron chi connectivity index (χ3n) is 3.32. The number of hydrogen-bond donors (Lipinski definition) is 2. The lowest BCUT2D eigenvalue weighted by Crippen LogP contribution is -2.37. The fraction of sp³-hybridized carbons (Fsp3) is 0.588. The summed E-state index contributed by atoms with van der Waals surface area (Å²) in [7, 11) is 0. The molecule has 0 radical (unpaired) electrons. The number of halogens is 1. The molecule has 5 heteroatoms. The van der Waals surface area contributed by atoms with Crippen molar-refractivity contribution >= 4 is 18.3 Å². The molecular formula is C17H29ClN2O2. The molecule has 0 fully saturated rings. The minimum absolute atomic E-state index is 0. The summed E-state index contributed by atoms with van der Waals surface area (Å²) in [5.41, 5.74) is 6.42. The minimum atomic E-state index is -0.124. The monoisotopic (exact) mass is 328 g/mol. The van der Waals surface area contributed by atoms with Gasteiger partial charge >= 0.3 is 0 Å². The van der Waals surface area contributed by atoms with Crippen LogP contribution < -0.4 is 15.8 Å². The Hall–Kier alpha value is -1.26. The molecule has 1 aromatic rings. The molecule has 22 heavy (non-hydrogen) atoms. The van der Waals surface area contributed by atoms with E-state index in [1.807, 2.05) is 12.1 Å².